The van der Waals surface area contributed by atoms with Gasteiger partial charge in [0.1, 0.15) is 0 Å². The quantitative estimate of drug-likeness (QED) is 0.709. The third kappa shape index (κ3) is 1.97. The molecule has 2 atom stereocenters. The van der Waals surface area contributed by atoms with Crippen LogP contribution in [0.2, 0.25) is 0 Å². The first-order valence-corrected chi connectivity index (χ1v) is 8.38. The molecule has 4 rings (SSSR count). The van der Waals surface area contributed by atoms with Crippen molar-refractivity contribution in [1.29, 1.82) is 0 Å². The molecule has 0 unspecified atom stereocenters. The number of aromatic hydroxyl groups is 2. The Morgan fingerprint density at radius 3 is 2.81 bits per heavy atom. The molecule has 1 aromatic carbocycles. The van der Waals surface area contributed by atoms with Crippen molar-refractivity contribution in [3.63, 3.8) is 0 Å². The lowest BCUT2D eigenvalue weighted by atomic mass is 9.75. The van der Waals surface area contributed by atoms with E-state index in [-0.39, 0.29) is 11.5 Å². The number of rotatable bonds is 1. The topological polar surface area (TPSA) is 52.5 Å². The normalized spacial score (nSPS) is 23.3. The van der Waals surface area contributed by atoms with Crippen molar-refractivity contribution >= 4 is 11.3 Å². The van der Waals surface area contributed by atoms with Gasteiger partial charge in [-0.1, -0.05) is 6.92 Å². The van der Waals surface area contributed by atoms with Crippen LogP contribution < -0.4 is 5.32 Å². The number of aryl methyl sites for hydroxylation is 2. The molecule has 0 radical (unpaired) electrons. The zero-order valence-electron chi connectivity index (χ0n) is 12.0. The molecule has 1 aliphatic carbocycles. The number of nitrogens with one attached hydrogen (secondary N) is 1. The van der Waals surface area contributed by atoms with Crippen LogP contribution in [-0.4, -0.2) is 16.3 Å². The Bertz CT molecular complexity index is 707. The van der Waals surface area contributed by atoms with Gasteiger partial charge < -0.3 is 15.5 Å². The summed E-state index contributed by atoms with van der Waals surface area (Å²) in [6.45, 7) is 3.15. The van der Waals surface area contributed by atoms with Gasteiger partial charge in [-0.15, -0.1) is 11.3 Å². The van der Waals surface area contributed by atoms with E-state index in [0.717, 1.165) is 25.8 Å². The van der Waals surface area contributed by atoms with E-state index >= 15 is 0 Å². The van der Waals surface area contributed by atoms with Crippen LogP contribution in [0.1, 0.15) is 45.7 Å². The van der Waals surface area contributed by atoms with E-state index in [1.807, 2.05) is 11.3 Å². The summed E-state index contributed by atoms with van der Waals surface area (Å²) in [5.74, 6) is 0.305. The largest absolute Gasteiger partial charge is 0.504 e. The monoisotopic (exact) mass is 301 g/mol. The molecule has 2 heterocycles. The Hall–Kier alpha value is -1.52. The molecular weight excluding hydrogens is 282 g/mol. The van der Waals surface area contributed by atoms with Gasteiger partial charge in [-0.05, 0) is 54.2 Å². The van der Waals surface area contributed by atoms with Crippen LogP contribution in [0.25, 0.3) is 0 Å². The Kier molecular flexibility index (Phi) is 2.98. The highest BCUT2D eigenvalue weighted by molar-refractivity contribution is 7.12. The first-order valence-electron chi connectivity index (χ1n) is 7.57. The summed E-state index contributed by atoms with van der Waals surface area (Å²) in [4.78, 5) is 2.87. The summed E-state index contributed by atoms with van der Waals surface area (Å²) < 4.78 is 0. The van der Waals surface area contributed by atoms with Gasteiger partial charge >= 0.3 is 0 Å². The highest BCUT2D eigenvalue weighted by Gasteiger charge is 2.36. The fourth-order valence-corrected chi connectivity index (χ4v) is 5.01. The maximum atomic E-state index is 9.90. The Balaban J connectivity index is 1.88. The predicted molar refractivity (Wildman–Crippen MR) is 84.3 cm³/mol. The van der Waals surface area contributed by atoms with Crippen molar-refractivity contribution in [2.75, 3.05) is 0 Å². The molecule has 0 bridgehead atoms. The molecule has 2 aliphatic rings. The zero-order chi connectivity index (χ0) is 14.6. The summed E-state index contributed by atoms with van der Waals surface area (Å²) in [5, 5.41) is 23.3. The van der Waals surface area contributed by atoms with E-state index < -0.39 is 0 Å². The Labute approximate surface area is 128 Å². The van der Waals surface area contributed by atoms with Gasteiger partial charge in [0.05, 0.1) is 0 Å². The number of thiophene rings is 1. The molecule has 3 nitrogen and oxygen atoms in total. The molecule has 0 saturated heterocycles. The predicted octanol–water partition coefficient (Wildman–Crippen LogP) is 3.27. The molecule has 2 aromatic rings. The van der Waals surface area contributed by atoms with Gasteiger partial charge in [0.25, 0.3) is 0 Å². The molecule has 0 fully saturated rings. The van der Waals surface area contributed by atoms with E-state index in [4.69, 9.17) is 0 Å². The first kappa shape index (κ1) is 13.2. The number of phenolic OH excluding ortho intramolecular Hbond substituents is 2. The first-order chi connectivity index (χ1) is 10.2. The highest BCUT2D eigenvalue weighted by Crippen LogP contribution is 2.46. The lowest BCUT2D eigenvalue weighted by molar-refractivity contribution is 0.383. The van der Waals surface area contributed by atoms with Crippen LogP contribution in [0.15, 0.2) is 18.2 Å². The maximum absolute atomic E-state index is 9.90. The standard InChI is InChI=1S/C17H19NO2S/c1-2-11-5-10-8-18-13-4-3-9-6-14(19)15(20)7-12(9)16(13)17(10)21-11/h5-7,13,16,18-20H,2-4,8H2,1H3/t13-,16-/m0/s1. The fourth-order valence-electron chi connectivity index (χ4n) is 3.70. The summed E-state index contributed by atoms with van der Waals surface area (Å²) in [6, 6.07) is 6.27. The number of phenols is 2. The third-order valence-corrected chi connectivity index (χ3v) is 6.18. The smallest absolute Gasteiger partial charge is 0.157 e. The van der Waals surface area contributed by atoms with Gasteiger partial charge in [-0.25, -0.2) is 0 Å². The van der Waals surface area contributed by atoms with E-state index in [1.165, 1.54) is 26.4 Å². The van der Waals surface area contributed by atoms with Crippen LogP contribution in [0.5, 0.6) is 11.5 Å². The lowest BCUT2D eigenvalue weighted by Crippen LogP contribution is -2.41. The third-order valence-electron chi connectivity index (χ3n) is 4.78. The van der Waals surface area contributed by atoms with Gasteiger partial charge in [-0.2, -0.15) is 0 Å². The summed E-state index contributed by atoms with van der Waals surface area (Å²) in [7, 11) is 0. The molecule has 21 heavy (non-hydrogen) atoms. The number of benzene rings is 1. The van der Waals surface area contributed by atoms with E-state index in [1.54, 1.807) is 12.1 Å². The van der Waals surface area contributed by atoms with Gasteiger partial charge in [0, 0.05) is 28.3 Å². The minimum Gasteiger partial charge on any atom is -0.504 e. The van der Waals surface area contributed by atoms with Crippen molar-refractivity contribution in [2.24, 2.45) is 0 Å². The molecule has 3 N–H and O–H groups in total. The molecular formula is C17H19NO2S. The second-order valence-corrected chi connectivity index (χ2v) is 7.17. The van der Waals surface area contributed by atoms with Crippen molar-refractivity contribution in [3.8, 4) is 11.5 Å². The van der Waals surface area contributed by atoms with Crippen LogP contribution in [-0.2, 0) is 19.4 Å². The fraction of sp³-hybridized carbons (Fsp3) is 0.412. The molecule has 0 spiro atoms. The van der Waals surface area contributed by atoms with Crippen molar-refractivity contribution in [1.82, 2.24) is 5.32 Å². The summed E-state index contributed by atoms with van der Waals surface area (Å²) in [5.41, 5.74) is 3.76. The summed E-state index contributed by atoms with van der Waals surface area (Å²) >= 11 is 1.91. The van der Waals surface area contributed by atoms with Crippen LogP contribution in [0.4, 0.5) is 0 Å². The number of hydrogen-bond donors (Lipinski definition) is 3. The van der Waals surface area contributed by atoms with Crippen LogP contribution in [0, 0.1) is 0 Å². The molecule has 0 amide bonds. The zero-order valence-corrected chi connectivity index (χ0v) is 12.8. The Morgan fingerprint density at radius 2 is 2.00 bits per heavy atom. The SMILES string of the molecule is CCc1cc2c(s1)[C@H]1c3cc(O)c(O)cc3CC[C@@H]1NC2. The van der Waals surface area contributed by atoms with Crippen molar-refractivity contribution in [2.45, 2.75) is 44.7 Å². The molecule has 4 heteroatoms. The van der Waals surface area contributed by atoms with Gasteiger partial charge in [0.15, 0.2) is 11.5 Å². The average molecular weight is 301 g/mol. The van der Waals surface area contributed by atoms with Crippen molar-refractivity contribution < 1.29 is 10.2 Å². The minimum atomic E-state index is -0.00575. The van der Waals surface area contributed by atoms with Gasteiger partial charge in [0.2, 0.25) is 0 Å². The average Bonchev–Trinajstić information content (AvgIpc) is 2.91. The number of hydrogen-bond acceptors (Lipinski definition) is 4. The Morgan fingerprint density at radius 1 is 1.19 bits per heavy atom. The van der Waals surface area contributed by atoms with Crippen LogP contribution >= 0.6 is 11.3 Å². The minimum absolute atomic E-state index is 0.00313. The molecule has 0 saturated carbocycles. The molecule has 1 aromatic heterocycles. The second kappa shape index (κ2) is 4.75. The van der Waals surface area contributed by atoms with E-state index in [9.17, 15) is 10.2 Å². The van der Waals surface area contributed by atoms with Crippen molar-refractivity contribution in [3.05, 3.63) is 44.6 Å². The lowest BCUT2D eigenvalue weighted by Gasteiger charge is -2.38. The van der Waals surface area contributed by atoms with E-state index in [2.05, 4.69) is 18.3 Å². The van der Waals surface area contributed by atoms with E-state index in [0.29, 0.717) is 12.0 Å². The van der Waals surface area contributed by atoms with Crippen LogP contribution in [0.3, 0.4) is 0 Å². The number of fused-ring (bicyclic) bond motifs is 5. The molecule has 110 valence electrons. The maximum Gasteiger partial charge on any atom is 0.157 e. The highest BCUT2D eigenvalue weighted by atomic mass is 32.1. The molecule has 1 aliphatic heterocycles. The van der Waals surface area contributed by atoms with Gasteiger partial charge in [-0.3, -0.25) is 0 Å². The second-order valence-electron chi connectivity index (χ2n) is 6.00. The summed E-state index contributed by atoms with van der Waals surface area (Å²) in [6.07, 6.45) is 3.11.